The van der Waals surface area contributed by atoms with E-state index >= 15 is 0 Å². The minimum atomic E-state index is 0.189. The molecule has 2 aliphatic rings. The summed E-state index contributed by atoms with van der Waals surface area (Å²) in [5.41, 5.74) is 0.851. The second kappa shape index (κ2) is 5.40. The molecule has 3 heteroatoms. The maximum Gasteiger partial charge on any atom is 0.166 e. The zero-order chi connectivity index (χ0) is 15.1. The number of methoxy groups -OCH3 is 1. The molecule has 0 saturated carbocycles. The molecule has 2 heterocycles. The van der Waals surface area contributed by atoms with Crippen LogP contribution in [0.5, 0.6) is 5.75 Å². The fraction of sp³-hybridized carbons (Fsp3) is 0.421. The highest BCUT2D eigenvalue weighted by Crippen LogP contribution is 2.33. The fourth-order valence-electron chi connectivity index (χ4n) is 4.01. The van der Waals surface area contributed by atoms with E-state index in [0.717, 1.165) is 34.9 Å². The van der Waals surface area contributed by atoms with Crippen LogP contribution in [0.15, 0.2) is 36.4 Å². The number of benzene rings is 2. The van der Waals surface area contributed by atoms with E-state index in [0.29, 0.717) is 17.9 Å². The van der Waals surface area contributed by atoms with E-state index < -0.39 is 0 Å². The summed E-state index contributed by atoms with van der Waals surface area (Å²) in [4.78, 5) is 12.8. The lowest BCUT2D eigenvalue weighted by atomic mass is 9.85. The minimum absolute atomic E-state index is 0.189. The molecule has 2 aliphatic heterocycles. The van der Waals surface area contributed by atoms with Gasteiger partial charge in [0.05, 0.1) is 7.11 Å². The Bertz CT molecular complexity index is 712. The molecule has 0 aliphatic carbocycles. The van der Waals surface area contributed by atoms with E-state index in [4.69, 9.17) is 4.74 Å². The van der Waals surface area contributed by atoms with Gasteiger partial charge in [-0.05, 0) is 54.7 Å². The molecular formula is C19H21NO2. The second-order valence-corrected chi connectivity index (χ2v) is 6.60. The maximum absolute atomic E-state index is 12.8. The molecule has 2 bridgehead atoms. The molecule has 114 valence electrons. The topological polar surface area (TPSA) is 38.3 Å². The Labute approximate surface area is 130 Å². The van der Waals surface area contributed by atoms with Crippen LogP contribution >= 0.6 is 0 Å². The van der Waals surface area contributed by atoms with Gasteiger partial charge in [-0.2, -0.15) is 0 Å². The molecule has 0 spiro atoms. The first-order valence-electron chi connectivity index (χ1n) is 8.11. The van der Waals surface area contributed by atoms with E-state index in [2.05, 4.69) is 5.32 Å². The van der Waals surface area contributed by atoms with Crippen molar-refractivity contribution in [2.45, 2.75) is 37.8 Å². The molecule has 0 aromatic heterocycles. The minimum Gasteiger partial charge on any atom is -0.497 e. The van der Waals surface area contributed by atoms with Crippen molar-refractivity contribution in [3.63, 3.8) is 0 Å². The second-order valence-electron chi connectivity index (χ2n) is 6.60. The third-order valence-electron chi connectivity index (χ3n) is 5.18. The summed E-state index contributed by atoms with van der Waals surface area (Å²) < 4.78 is 5.25. The first-order valence-corrected chi connectivity index (χ1v) is 8.11. The van der Waals surface area contributed by atoms with E-state index in [1.54, 1.807) is 7.11 Å². The Morgan fingerprint density at radius 2 is 1.73 bits per heavy atom. The third-order valence-corrected chi connectivity index (χ3v) is 5.18. The number of fused-ring (bicyclic) bond motifs is 3. The van der Waals surface area contributed by atoms with Crippen molar-refractivity contribution in [2.75, 3.05) is 7.11 Å². The van der Waals surface area contributed by atoms with Gasteiger partial charge in [-0.3, -0.25) is 4.79 Å². The molecule has 2 fully saturated rings. The summed E-state index contributed by atoms with van der Waals surface area (Å²) in [6, 6.07) is 13.1. The van der Waals surface area contributed by atoms with Gasteiger partial charge in [-0.15, -0.1) is 0 Å². The average Bonchev–Trinajstić information content (AvgIpc) is 2.91. The molecule has 0 amide bonds. The van der Waals surface area contributed by atoms with Crippen LogP contribution in [-0.4, -0.2) is 25.0 Å². The van der Waals surface area contributed by atoms with Crippen molar-refractivity contribution >= 4 is 16.6 Å². The Morgan fingerprint density at radius 1 is 1.05 bits per heavy atom. The number of nitrogens with one attached hydrogen (secondary N) is 1. The zero-order valence-electron chi connectivity index (χ0n) is 12.8. The molecule has 2 atom stereocenters. The van der Waals surface area contributed by atoms with Crippen LogP contribution in [0.25, 0.3) is 10.8 Å². The van der Waals surface area contributed by atoms with Crippen molar-refractivity contribution < 1.29 is 9.53 Å². The number of hydrogen-bond donors (Lipinski definition) is 1. The SMILES string of the molecule is COc1ccc2cc(C(=O)C3CC4CCC(C3)N4)ccc2c1. The van der Waals surface area contributed by atoms with E-state index in [1.807, 2.05) is 36.4 Å². The maximum atomic E-state index is 12.8. The smallest absolute Gasteiger partial charge is 0.166 e. The van der Waals surface area contributed by atoms with E-state index in [9.17, 15) is 4.79 Å². The van der Waals surface area contributed by atoms with Crippen molar-refractivity contribution in [1.82, 2.24) is 5.32 Å². The van der Waals surface area contributed by atoms with Crippen LogP contribution in [0.2, 0.25) is 0 Å². The van der Waals surface area contributed by atoms with Gasteiger partial charge < -0.3 is 10.1 Å². The first-order chi connectivity index (χ1) is 10.7. The number of ether oxygens (including phenoxy) is 1. The predicted molar refractivity (Wildman–Crippen MR) is 87.5 cm³/mol. The van der Waals surface area contributed by atoms with Gasteiger partial charge in [0, 0.05) is 23.6 Å². The molecule has 2 aromatic carbocycles. The standard InChI is InChI=1S/C19H21NO2/c1-22-18-7-4-12-8-14(3-2-13(12)11-18)19(21)15-9-16-5-6-17(10-15)20-16/h2-4,7-8,11,15-17,20H,5-6,9-10H2,1H3. The monoisotopic (exact) mass is 295 g/mol. The normalized spacial score (nSPS) is 27.0. The van der Waals surface area contributed by atoms with Gasteiger partial charge in [0.1, 0.15) is 5.75 Å². The Morgan fingerprint density at radius 3 is 2.45 bits per heavy atom. The molecule has 1 N–H and O–H groups in total. The number of carbonyl (C=O) groups excluding carboxylic acids is 1. The largest absolute Gasteiger partial charge is 0.497 e. The molecule has 22 heavy (non-hydrogen) atoms. The van der Waals surface area contributed by atoms with Crippen molar-refractivity contribution in [3.8, 4) is 5.75 Å². The Hall–Kier alpha value is -1.87. The summed E-state index contributed by atoms with van der Waals surface area (Å²) in [6.07, 6.45) is 4.45. The van der Waals surface area contributed by atoms with Gasteiger partial charge in [0.15, 0.2) is 5.78 Å². The molecule has 2 aromatic rings. The van der Waals surface area contributed by atoms with Crippen LogP contribution in [0, 0.1) is 5.92 Å². The lowest BCUT2D eigenvalue weighted by Gasteiger charge is -2.28. The average molecular weight is 295 g/mol. The molecule has 2 saturated heterocycles. The highest BCUT2D eigenvalue weighted by Gasteiger charge is 2.36. The van der Waals surface area contributed by atoms with Crippen LogP contribution in [0.3, 0.4) is 0 Å². The first kappa shape index (κ1) is 13.8. The van der Waals surface area contributed by atoms with Crippen LogP contribution in [0.1, 0.15) is 36.0 Å². The van der Waals surface area contributed by atoms with Gasteiger partial charge in [-0.1, -0.05) is 18.2 Å². The summed E-state index contributed by atoms with van der Waals surface area (Å²) in [5, 5.41) is 5.82. The summed E-state index contributed by atoms with van der Waals surface area (Å²) in [5.74, 6) is 1.35. The van der Waals surface area contributed by atoms with Gasteiger partial charge in [0.2, 0.25) is 0 Å². The summed E-state index contributed by atoms with van der Waals surface area (Å²) >= 11 is 0. The highest BCUT2D eigenvalue weighted by molar-refractivity contribution is 6.01. The molecule has 2 unspecified atom stereocenters. The Kier molecular flexibility index (Phi) is 3.38. The lowest BCUT2D eigenvalue weighted by Crippen LogP contribution is -2.40. The molecule has 3 nitrogen and oxygen atoms in total. The number of Topliss-reactive ketones (excluding diaryl/α,β-unsaturated/α-hetero) is 1. The van der Waals surface area contributed by atoms with Gasteiger partial charge in [-0.25, -0.2) is 0 Å². The number of hydrogen-bond acceptors (Lipinski definition) is 3. The third kappa shape index (κ3) is 2.40. The highest BCUT2D eigenvalue weighted by atomic mass is 16.5. The molecular weight excluding hydrogens is 274 g/mol. The summed E-state index contributed by atoms with van der Waals surface area (Å²) in [7, 11) is 1.67. The molecule has 0 radical (unpaired) electrons. The van der Waals surface area contributed by atoms with E-state index in [1.165, 1.54) is 12.8 Å². The number of carbonyl (C=O) groups is 1. The zero-order valence-corrected chi connectivity index (χ0v) is 12.8. The number of piperidine rings is 1. The van der Waals surface area contributed by atoms with Crippen LogP contribution in [-0.2, 0) is 0 Å². The lowest BCUT2D eigenvalue weighted by molar-refractivity contribution is 0.0876. The van der Waals surface area contributed by atoms with E-state index in [-0.39, 0.29) is 5.92 Å². The fourth-order valence-corrected chi connectivity index (χ4v) is 4.01. The van der Waals surface area contributed by atoms with Crippen molar-refractivity contribution in [2.24, 2.45) is 5.92 Å². The van der Waals surface area contributed by atoms with Crippen LogP contribution in [0.4, 0.5) is 0 Å². The van der Waals surface area contributed by atoms with Gasteiger partial charge >= 0.3 is 0 Å². The van der Waals surface area contributed by atoms with Crippen LogP contribution < -0.4 is 10.1 Å². The number of ketones is 1. The quantitative estimate of drug-likeness (QED) is 0.880. The summed E-state index contributed by atoms with van der Waals surface area (Å²) in [6.45, 7) is 0. The van der Waals surface area contributed by atoms with Crippen molar-refractivity contribution in [1.29, 1.82) is 0 Å². The van der Waals surface area contributed by atoms with Gasteiger partial charge in [0.25, 0.3) is 0 Å². The van der Waals surface area contributed by atoms with Crippen molar-refractivity contribution in [3.05, 3.63) is 42.0 Å². The number of rotatable bonds is 3. The predicted octanol–water partition coefficient (Wildman–Crippen LogP) is 3.56. The molecule has 4 rings (SSSR count). The Balaban J connectivity index is 1.61.